The van der Waals surface area contributed by atoms with Gasteiger partial charge >= 0.3 is 0 Å². The van der Waals surface area contributed by atoms with E-state index in [9.17, 15) is 8.42 Å². The summed E-state index contributed by atoms with van der Waals surface area (Å²) >= 11 is 0. The van der Waals surface area contributed by atoms with Crippen molar-refractivity contribution in [1.82, 2.24) is 10.2 Å². The Morgan fingerprint density at radius 1 is 1.41 bits per heavy atom. The van der Waals surface area contributed by atoms with Crippen LogP contribution in [0.4, 0.5) is 0 Å². The normalized spacial score (nSPS) is 28.8. The van der Waals surface area contributed by atoms with Crippen LogP contribution in [0, 0.1) is 0 Å². The second-order valence-electron chi connectivity index (χ2n) is 5.27. The molecule has 1 aliphatic heterocycles. The van der Waals surface area contributed by atoms with E-state index in [1.165, 1.54) is 0 Å². The molecule has 0 bridgehead atoms. The highest BCUT2D eigenvalue weighted by molar-refractivity contribution is 7.91. The van der Waals surface area contributed by atoms with Crippen molar-refractivity contribution in [3.8, 4) is 0 Å². The maximum absolute atomic E-state index is 11.5. The first-order chi connectivity index (χ1) is 7.85. The Balaban J connectivity index is 2.45. The second-order valence-corrected chi connectivity index (χ2v) is 7.50. The van der Waals surface area contributed by atoms with E-state index in [2.05, 4.69) is 31.0 Å². The van der Waals surface area contributed by atoms with E-state index in [0.717, 1.165) is 13.0 Å². The Morgan fingerprint density at radius 2 is 2.06 bits per heavy atom. The van der Waals surface area contributed by atoms with Gasteiger partial charge in [0.15, 0.2) is 9.84 Å². The van der Waals surface area contributed by atoms with Gasteiger partial charge in [-0.05, 0) is 27.2 Å². The molecule has 4 nitrogen and oxygen atoms in total. The van der Waals surface area contributed by atoms with Crippen LogP contribution in [0.15, 0.2) is 0 Å². The second kappa shape index (κ2) is 6.16. The lowest BCUT2D eigenvalue weighted by Crippen LogP contribution is -2.53. The summed E-state index contributed by atoms with van der Waals surface area (Å²) in [6.07, 6.45) is 1.12. The van der Waals surface area contributed by atoms with Crippen molar-refractivity contribution in [2.75, 3.05) is 24.6 Å². The molecule has 1 heterocycles. The van der Waals surface area contributed by atoms with E-state index < -0.39 is 9.84 Å². The number of nitrogens with one attached hydrogen (secondary N) is 1. The maximum atomic E-state index is 11.5. The van der Waals surface area contributed by atoms with Crippen LogP contribution >= 0.6 is 0 Å². The van der Waals surface area contributed by atoms with Crippen molar-refractivity contribution in [3.63, 3.8) is 0 Å². The fraction of sp³-hybridized carbons (Fsp3) is 1.00. The van der Waals surface area contributed by atoms with E-state index >= 15 is 0 Å². The smallest absolute Gasteiger partial charge is 0.153 e. The Hall–Kier alpha value is -0.130. The van der Waals surface area contributed by atoms with Gasteiger partial charge in [-0.15, -0.1) is 0 Å². The minimum atomic E-state index is -2.80. The molecule has 1 saturated heterocycles. The number of hydrogen-bond acceptors (Lipinski definition) is 4. The van der Waals surface area contributed by atoms with Gasteiger partial charge in [0.1, 0.15) is 0 Å². The molecule has 0 radical (unpaired) electrons. The third-order valence-corrected chi connectivity index (χ3v) is 5.46. The lowest BCUT2D eigenvalue weighted by Gasteiger charge is -2.38. The van der Waals surface area contributed by atoms with Crippen LogP contribution in [0.3, 0.4) is 0 Å². The SMILES string of the molecule is CCC(C)NCC(C)N1CCS(=O)(=O)CC1C. The molecule has 0 amide bonds. The molecule has 0 aromatic heterocycles. The highest BCUT2D eigenvalue weighted by atomic mass is 32.2. The minimum Gasteiger partial charge on any atom is -0.313 e. The van der Waals surface area contributed by atoms with Crippen molar-refractivity contribution in [1.29, 1.82) is 0 Å². The first-order valence-electron chi connectivity index (χ1n) is 6.55. The summed E-state index contributed by atoms with van der Waals surface area (Å²) in [5.74, 6) is 0.617. The van der Waals surface area contributed by atoms with Crippen LogP contribution in [0.25, 0.3) is 0 Å². The molecule has 1 N–H and O–H groups in total. The molecular weight excluding hydrogens is 236 g/mol. The molecule has 0 aromatic carbocycles. The summed E-state index contributed by atoms with van der Waals surface area (Å²) in [6, 6.07) is 1.07. The molecule has 5 heteroatoms. The average molecular weight is 262 g/mol. The summed E-state index contributed by atoms with van der Waals surface area (Å²) in [5, 5.41) is 3.48. The van der Waals surface area contributed by atoms with Crippen LogP contribution in [0.5, 0.6) is 0 Å². The van der Waals surface area contributed by atoms with Gasteiger partial charge in [-0.3, -0.25) is 4.90 Å². The first kappa shape index (κ1) is 14.9. The van der Waals surface area contributed by atoms with Gasteiger partial charge in [-0.2, -0.15) is 0 Å². The molecule has 1 rings (SSSR count). The molecule has 0 aromatic rings. The number of hydrogen-bond donors (Lipinski definition) is 1. The van der Waals surface area contributed by atoms with Crippen molar-refractivity contribution in [2.24, 2.45) is 0 Å². The molecule has 3 unspecified atom stereocenters. The summed E-state index contributed by atoms with van der Waals surface area (Å²) < 4.78 is 23.0. The lowest BCUT2D eigenvalue weighted by molar-refractivity contribution is 0.163. The summed E-state index contributed by atoms with van der Waals surface area (Å²) in [6.45, 7) is 10.1. The quantitative estimate of drug-likeness (QED) is 0.799. The van der Waals surface area contributed by atoms with Crippen molar-refractivity contribution in [3.05, 3.63) is 0 Å². The van der Waals surface area contributed by atoms with Gasteiger partial charge in [0.05, 0.1) is 11.5 Å². The van der Waals surface area contributed by atoms with E-state index in [4.69, 9.17) is 0 Å². The minimum absolute atomic E-state index is 0.141. The predicted octanol–water partition coefficient (Wildman–Crippen LogP) is 0.882. The third-order valence-electron chi connectivity index (χ3n) is 3.66. The van der Waals surface area contributed by atoms with E-state index in [1.54, 1.807) is 0 Å². The van der Waals surface area contributed by atoms with Crippen molar-refractivity contribution >= 4 is 9.84 Å². The zero-order valence-electron chi connectivity index (χ0n) is 11.4. The molecule has 0 aliphatic carbocycles. The van der Waals surface area contributed by atoms with Crippen LogP contribution < -0.4 is 5.32 Å². The molecule has 0 saturated carbocycles. The fourth-order valence-corrected chi connectivity index (χ4v) is 3.88. The maximum Gasteiger partial charge on any atom is 0.153 e. The number of sulfone groups is 1. The molecule has 102 valence electrons. The molecule has 0 spiro atoms. The molecular formula is C12H26N2O2S. The fourth-order valence-electron chi connectivity index (χ4n) is 2.30. The van der Waals surface area contributed by atoms with E-state index in [-0.39, 0.29) is 6.04 Å². The first-order valence-corrected chi connectivity index (χ1v) is 8.37. The third kappa shape index (κ3) is 4.56. The highest BCUT2D eigenvalue weighted by Gasteiger charge is 2.30. The Labute approximate surface area is 106 Å². The van der Waals surface area contributed by atoms with Gasteiger partial charge in [-0.1, -0.05) is 6.92 Å². The van der Waals surface area contributed by atoms with Crippen molar-refractivity contribution < 1.29 is 8.42 Å². The monoisotopic (exact) mass is 262 g/mol. The molecule has 1 aliphatic rings. The van der Waals surface area contributed by atoms with Crippen LogP contribution in [-0.4, -0.2) is 56.0 Å². The lowest BCUT2D eigenvalue weighted by atomic mass is 10.2. The van der Waals surface area contributed by atoms with Gasteiger partial charge in [0.2, 0.25) is 0 Å². The van der Waals surface area contributed by atoms with E-state index in [0.29, 0.717) is 30.1 Å². The van der Waals surface area contributed by atoms with Crippen LogP contribution in [0.2, 0.25) is 0 Å². The molecule has 17 heavy (non-hydrogen) atoms. The Bertz CT molecular complexity index is 329. The summed E-state index contributed by atoms with van der Waals surface area (Å²) in [7, 11) is -2.80. The summed E-state index contributed by atoms with van der Waals surface area (Å²) in [4.78, 5) is 2.30. The predicted molar refractivity (Wildman–Crippen MR) is 72.0 cm³/mol. The topological polar surface area (TPSA) is 49.4 Å². The zero-order chi connectivity index (χ0) is 13.1. The standard InChI is InChI=1S/C12H26N2O2S/c1-5-10(2)13-8-11(3)14-6-7-17(15,16)9-12(14)4/h10-13H,5-9H2,1-4H3. The Morgan fingerprint density at radius 3 is 2.59 bits per heavy atom. The largest absolute Gasteiger partial charge is 0.313 e. The zero-order valence-corrected chi connectivity index (χ0v) is 12.3. The van der Waals surface area contributed by atoms with Crippen LogP contribution in [0.1, 0.15) is 34.1 Å². The van der Waals surface area contributed by atoms with Gasteiger partial charge in [0, 0.05) is 31.2 Å². The van der Waals surface area contributed by atoms with E-state index in [1.807, 2.05) is 6.92 Å². The summed E-state index contributed by atoms with van der Waals surface area (Å²) in [5.41, 5.74) is 0. The van der Waals surface area contributed by atoms with Gasteiger partial charge in [0.25, 0.3) is 0 Å². The molecule has 1 fully saturated rings. The molecule has 3 atom stereocenters. The Kier molecular flexibility index (Phi) is 5.41. The van der Waals surface area contributed by atoms with Gasteiger partial charge in [-0.25, -0.2) is 8.42 Å². The number of nitrogens with zero attached hydrogens (tertiary/aromatic N) is 1. The van der Waals surface area contributed by atoms with Crippen molar-refractivity contribution in [2.45, 2.75) is 52.2 Å². The highest BCUT2D eigenvalue weighted by Crippen LogP contribution is 2.14. The average Bonchev–Trinajstić information content (AvgIpc) is 2.24. The van der Waals surface area contributed by atoms with Gasteiger partial charge < -0.3 is 5.32 Å². The van der Waals surface area contributed by atoms with Crippen LogP contribution in [-0.2, 0) is 9.84 Å². The number of rotatable bonds is 5.